The maximum absolute atomic E-state index is 12.9. The smallest absolute Gasteiger partial charge is 0.434 e. The lowest BCUT2D eigenvalue weighted by atomic mass is 9.99. The Morgan fingerprint density at radius 1 is 1.00 bits per heavy atom. The van der Waals surface area contributed by atoms with Gasteiger partial charge in [-0.05, 0) is 81.1 Å². The van der Waals surface area contributed by atoms with Crippen molar-refractivity contribution in [2.75, 3.05) is 55.1 Å². The molecular formula is C28H35N7O3. The molecule has 10 nitrogen and oxygen atoms in total. The van der Waals surface area contributed by atoms with Gasteiger partial charge in [0.25, 0.3) is 0 Å². The van der Waals surface area contributed by atoms with Crippen LogP contribution in [0.2, 0.25) is 0 Å². The van der Waals surface area contributed by atoms with Gasteiger partial charge in [0.1, 0.15) is 0 Å². The number of likely N-dealkylation sites (tertiary alicyclic amines) is 1. The number of hydrazine groups is 1. The number of nitrogens with zero attached hydrogens (tertiary/aromatic N) is 5. The predicted molar refractivity (Wildman–Crippen MR) is 148 cm³/mol. The summed E-state index contributed by atoms with van der Waals surface area (Å²) in [6, 6.07) is 12.3. The first-order chi connectivity index (χ1) is 18.6. The van der Waals surface area contributed by atoms with Gasteiger partial charge >= 0.3 is 12.1 Å². The Hall–Kier alpha value is -3.79. The lowest BCUT2D eigenvalue weighted by Crippen LogP contribution is -2.46. The minimum atomic E-state index is -0.582. The van der Waals surface area contributed by atoms with Gasteiger partial charge in [0.15, 0.2) is 0 Å². The summed E-state index contributed by atoms with van der Waals surface area (Å²) in [5, 5.41) is 9.55. The topological polar surface area (TPSA) is 95.0 Å². The highest BCUT2D eigenvalue weighted by Crippen LogP contribution is 2.32. The minimum absolute atomic E-state index is 0.347. The van der Waals surface area contributed by atoms with Gasteiger partial charge in [0.2, 0.25) is 0 Å². The molecule has 1 aromatic heterocycles. The second-order valence-corrected chi connectivity index (χ2v) is 10.4. The number of nitrogens with one attached hydrogen (secondary N) is 2. The standard InChI is InChI=1S/C28H35N7O3/c1-38-28(37)35-26-7-5-6-24(23(26)19-29-35)30-27(36)31-34-17-10-20-18-22(8-9-25(20)34)33-15-11-21(12-16-33)32-13-3-2-4-14-32/h5-9,18-19,21H,2-4,10-17H2,1H3,(H2,30,31,36). The van der Waals surface area contributed by atoms with Crippen LogP contribution in [0.25, 0.3) is 10.9 Å². The van der Waals surface area contributed by atoms with Gasteiger partial charge in [-0.15, -0.1) is 0 Å². The number of carbonyl (C=O) groups excluding carboxylic acids is 2. The number of carbonyl (C=O) groups is 2. The van der Waals surface area contributed by atoms with Crippen LogP contribution in [0.1, 0.15) is 37.7 Å². The second kappa shape index (κ2) is 10.5. The second-order valence-electron chi connectivity index (χ2n) is 10.4. The number of ether oxygens (including phenoxy) is 1. The van der Waals surface area contributed by atoms with Crippen LogP contribution in [-0.2, 0) is 11.2 Å². The fourth-order valence-corrected chi connectivity index (χ4v) is 6.14. The molecule has 2 saturated heterocycles. The van der Waals surface area contributed by atoms with E-state index in [9.17, 15) is 9.59 Å². The van der Waals surface area contributed by atoms with Crippen molar-refractivity contribution in [3.63, 3.8) is 0 Å². The van der Waals surface area contributed by atoms with Crippen molar-refractivity contribution in [2.24, 2.45) is 0 Å². The quantitative estimate of drug-likeness (QED) is 0.536. The van der Waals surface area contributed by atoms with E-state index in [-0.39, 0.29) is 6.03 Å². The Kier molecular flexibility index (Phi) is 6.80. The fraction of sp³-hybridized carbons (Fsp3) is 0.464. The molecule has 0 aliphatic carbocycles. The zero-order valence-electron chi connectivity index (χ0n) is 21.9. The predicted octanol–water partition coefficient (Wildman–Crippen LogP) is 4.20. The van der Waals surface area contributed by atoms with Crippen molar-refractivity contribution in [3.05, 3.63) is 48.2 Å². The monoisotopic (exact) mass is 517 g/mol. The molecule has 200 valence electrons. The number of urea groups is 1. The molecule has 0 spiro atoms. The summed E-state index contributed by atoms with van der Waals surface area (Å²) in [6.07, 6.45) is 8.40. The number of rotatable bonds is 4. The highest BCUT2D eigenvalue weighted by atomic mass is 16.5. The maximum atomic E-state index is 12.9. The lowest BCUT2D eigenvalue weighted by molar-refractivity contribution is 0.141. The van der Waals surface area contributed by atoms with Gasteiger partial charge in [0, 0.05) is 36.7 Å². The molecule has 0 saturated carbocycles. The van der Waals surface area contributed by atoms with E-state index in [4.69, 9.17) is 4.74 Å². The van der Waals surface area contributed by atoms with Crippen molar-refractivity contribution in [2.45, 2.75) is 44.6 Å². The van der Waals surface area contributed by atoms with Gasteiger partial charge in [0.05, 0.1) is 30.2 Å². The van der Waals surface area contributed by atoms with Crippen LogP contribution in [-0.4, -0.2) is 72.7 Å². The molecule has 3 aromatic rings. The number of piperidine rings is 2. The van der Waals surface area contributed by atoms with Crippen LogP contribution in [0.5, 0.6) is 0 Å². The number of hydrogen-bond donors (Lipinski definition) is 2. The van der Waals surface area contributed by atoms with Gasteiger partial charge in [-0.25, -0.2) is 15.0 Å². The van der Waals surface area contributed by atoms with E-state index < -0.39 is 6.09 Å². The van der Waals surface area contributed by atoms with E-state index in [1.807, 2.05) is 5.01 Å². The molecule has 3 aliphatic heterocycles. The summed E-state index contributed by atoms with van der Waals surface area (Å²) in [5.74, 6) is 0. The molecule has 0 atom stereocenters. The number of fused-ring (bicyclic) bond motifs is 2. The Bertz CT molecular complexity index is 1330. The summed E-state index contributed by atoms with van der Waals surface area (Å²) in [4.78, 5) is 30.1. The summed E-state index contributed by atoms with van der Waals surface area (Å²) < 4.78 is 5.94. The molecular weight excluding hydrogens is 482 g/mol. The third-order valence-corrected chi connectivity index (χ3v) is 8.14. The minimum Gasteiger partial charge on any atom is -0.451 e. The van der Waals surface area contributed by atoms with Gasteiger partial charge in [-0.1, -0.05) is 12.5 Å². The average molecular weight is 518 g/mol. The van der Waals surface area contributed by atoms with Crippen LogP contribution in [0, 0.1) is 0 Å². The van der Waals surface area contributed by atoms with Crippen LogP contribution in [0.15, 0.2) is 42.6 Å². The molecule has 2 fully saturated rings. The van der Waals surface area contributed by atoms with E-state index in [0.29, 0.717) is 23.1 Å². The Balaban J connectivity index is 1.08. The van der Waals surface area contributed by atoms with Crippen LogP contribution >= 0.6 is 0 Å². The number of hydrogen-bond acceptors (Lipinski definition) is 7. The maximum Gasteiger partial charge on any atom is 0.434 e. The lowest BCUT2D eigenvalue weighted by Gasteiger charge is -2.41. The number of benzene rings is 2. The molecule has 2 N–H and O–H groups in total. The number of methoxy groups -OCH3 is 1. The average Bonchev–Trinajstić information content (AvgIpc) is 3.58. The first-order valence-electron chi connectivity index (χ1n) is 13.6. The van der Waals surface area contributed by atoms with Crippen molar-refractivity contribution >= 4 is 40.1 Å². The number of amides is 2. The summed E-state index contributed by atoms with van der Waals surface area (Å²) in [5.41, 5.74) is 7.67. The van der Waals surface area contributed by atoms with Gasteiger partial charge in [-0.2, -0.15) is 9.78 Å². The van der Waals surface area contributed by atoms with E-state index in [1.165, 1.54) is 68.2 Å². The van der Waals surface area contributed by atoms with E-state index in [0.717, 1.165) is 31.2 Å². The Morgan fingerprint density at radius 3 is 2.61 bits per heavy atom. The first-order valence-corrected chi connectivity index (χ1v) is 13.6. The summed E-state index contributed by atoms with van der Waals surface area (Å²) in [6.45, 7) is 5.46. The van der Waals surface area contributed by atoms with Crippen LogP contribution < -0.4 is 20.7 Å². The van der Waals surface area contributed by atoms with E-state index in [2.05, 4.69) is 43.8 Å². The molecule has 2 amide bonds. The molecule has 0 radical (unpaired) electrons. The normalized spacial score (nSPS) is 18.4. The molecule has 4 heterocycles. The van der Waals surface area contributed by atoms with Crippen molar-refractivity contribution in [1.29, 1.82) is 0 Å². The summed E-state index contributed by atoms with van der Waals surface area (Å²) in [7, 11) is 1.31. The van der Waals surface area contributed by atoms with Gasteiger partial charge in [-0.3, -0.25) is 5.01 Å². The molecule has 3 aliphatic rings. The first kappa shape index (κ1) is 24.5. The third kappa shape index (κ3) is 4.76. The molecule has 0 unspecified atom stereocenters. The van der Waals surface area contributed by atoms with Crippen molar-refractivity contribution in [1.82, 2.24) is 20.1 Å². The van der Waals surface area contributed by atoms with Crippen molar-refractivity contribution < 1.29 is 14.3 Å². The largest absolute Gasteiger partial charge is 0.451 e. The zero-order chi connectivity index (χ0) is 26.1. The highest BCUT2D eigenvalue weighted by molar-refractivity contribution is 6.02. The molecule has 0 bridgehead atoms. The Morgan fingerprint density at radius 2 is 1.82 bits per heavy atom. The summed E-state index contributed by atoms with van der Waals surface area (Å²) >= 11 is 0. The van der Waals surface area contributed by atoms with E-state index >= 15 is 0 Å². The Labute approximate surface area is 222 Å². The van der Waals surface area contributed by atoms with E-state index in [1.54, 1.807) is 24.4 Å². The third-order valence-electron chi connectivity index (χ3n) is 8.14. The SMILES string of the molecule is COC(=O)n1ncc2c(NC(=O)NN3CCc4cc(N5CCC(N6CCCCC6)CC5)ccc43)cccc21. The molecule has 2 aromatic carbocycles. The number of anilines is 3. The highest BCUT2D eigenvalue weighted by Gasteiger charge is 2.27. The fourth-order valence-electron chi connectivity index (χ4n) is 6.14. The number of aromatic nitrogens is 2. The van der Waals surface area contributed by atoms with Crippen LogP contribution in [0.3, 0.4) is 0 Å². The van der Waals surface area contributed by atoms with Crippen LogP contribution in [0.4, 0.5) is 26.7 Å². The molecule has 6 rings (SSSR count). The molecule has 38 heavy (non-hydrogen) atoms. The van der Waals surface area contributed by atoms with Gasteiger partial charge < -0.3 is 19.9 Å². The van der Waals surface area contributed by atoms with Crippen molar-refractivity contribution in [3.8, 4) is 0 Å². The molecule has 10 heteroatoms. The zero-order valence-corrected chi connectivity index (χ0v) is 21.9.